The predicted octanol–water partition coefficient (Wildman–Crippen LogP) is 3.93. The standard InChI is InChI=1S/C12H12ClF3O2/c13-10-3-1-2-8(7-10)6-9(11(17)18)4-5-12(14,15)16/h1-3,7,9H,4-6H2,(H,17,18). The average Bonchev–Trinajstić information content (AvgIpc) is 2.22. The lowest BCUT2D eigenvalue weighted by molar-refractivity contribution is -0.148. The average molecular weight is 281 g/mol. The summed E-state index contributed by atoms with van der Waals surface area (Å²) in [6.07, 6.45) is -5.80. The third-order valence-corrected chi connectivity index (χ3v) is 2.73. The van der Waals surface area contributed by atoms with Crippen molar-refractivity contribution in [2.45, 2.75) is 25.4 Å². The summed E-state index contributed by atoms with van der Waals surface area (Å²) in [6.45, 7) is 0. The largest absolute Gasteiger partial charge is 0.481 e. The van der Waals surface area contributed by atoms with E-state index in [-0.39, 0.29) is 6.42 Å². The molecule has 0 spiro atoms. The van der Waals surface area contributed by atoms with Crippen LogP contribution in [0.15, 0.2) is 24.3 Å². The molecule has 1 rings (SSSR count). The Morgan fingerprint density at radius 1 is 1.39 bits per heavy atom. The van der Waals surface area contributed by atoms with Crippen LogP contribution in [-0.2, 0) is 11.2 Å². The van der Waals surface area contributed by atoms with E-state index in [4.69, 9.17) is 16.7 Å². The SMILES string of the molecule is O=C(O)C(CCC(F)(F)F)Cc1cccc(Cl)c1. The molecule has 0 aromatic heterocycles. The molecular formula is C12H12ClF3O2. The van der Waals surface area contributed by atoms with Gasteiger partial charge < -0.3 is 5.11 Å². The maximum absolute atomic E-state index is 12.1. The van der Waals surface area contributed by atoms with E-state index in [9.17, 15) is 18.0 Å². The van der Waals surface area contributed by atoms with E-state index in [0.29, 0.717) is 10.6 Å². The van der Waals surface area contributed by atoms with Crippen molar-refractivity contribution in [1.29, 1.82) is 0 Å². The molecule has 0 radical (unpaired) electrons. The number of hydrogen-bond donors (Lipinski definition) is 1. The molecule has 0 fully saturated rings. The summed E-state index contributed by atoms with van der Waals surface area (Å²) in [5.41, 5.74) is 0.622. The van der Waals surface area contributed by atoms with Crippen molar-refractivity contribution in [2.24, 2.45) is 5.92 Å². The van der Waals surface area contributed by atoms with Crippen molar-refractivity contribution in [3.05, 3.63) is 34.9 Å². The number of rotatable bonds is 5. The van der Waals surface area contributed by atoms with Crippen molar-refractivity contribution in [2.75, 3.05) is 0 Å². The fraction of sp³-hybridized carbons (Fsp3) is 0.417. The van der Waals surface area contributed by atoms with Gasteiger partial charge in [-0.15, -0.1) is 0 Å². The Labute approximate surface area is 107 Å². The van der Waals surface area contributed by atoms with Gasteiger partial charge in [0.2, 0.25) is 0 Å². The van der Waals surface area contributed by atoms with Crippen LogP contribution in [0.25, 0.3) is 0 Å². The molecule has 0 heterocycles. The summed E-state index contributed by atoms with van der Waals surface area (Å²) in [5, 5.41) is 9.34. The van der Waals surface area contributed by atoms with Crippen LogP contribution in [0.4, 0.5) is 13.2 Å². The highest BCUT2D eigenvalue weighted by atomic mass is 35.5. The molecule has 0 amide bonds. The van der Waals surface area contributed by atoms with Gasteiger partial charge in [-0.3, -0.25) is 4.79 Å². The van der Waals surface area contributed by atoms with Gasteiger partial charge in [0.1, 0.15) is 0 Å². The van der Waals surface area contributed by atoms with E-state index in [1.54, 1.807) is 24.3 Å². The van der Waals surface area contributed by atoms with Gasteiger partial charge in [-0.2, -0.15) is 13.2 Å². The molecule has 1 aromatic rings. The van der Waals surface area contributed by atoms with Crippen LogP contribution < -0.4 is 0 Å². The summed E-state index contributed by atoms with van der Waals surface area (Å²) >= 11 is 5.73. The molecule has 0 aliphatic heterocycles. The smallest absolute Gasteiger partial charge is 0.389 e. The lowest BCUT2D eigenvalue weighted by atomic mass is 9.95. The maximum Gasteiger partial charge on any atom is 0.389 e. The first kappa shape index (κ1) is 14.8. The summed E-state index contributed by atoms with van der Waals surface area (Å²) < 4.78 is 36.2. The first-order valence-corrected chi connectivity index (χ1v) is 5.70. The second kappa shape index (κ2) is 6.09. The second-order valence-electron chi connectivity index (χ2n) is 4.02. The van der Waals surface area contributed by atoms with Crippen molar-refractivity contribution in [3.63, 3.8) is 0 Å². The van der Waals surface area contributed by atoms with Crippen molar-refractivity contribution in [1.82, 2.24) is 0 Å². The van der Waals surface area contributed by atoms with Gasteiger partial charge in [-0.25, -0.2) is 0 Å². The number of halogens is 4. The van der Waals surface area contributed by atoms with Crippen LogP contribution >= 0.6 is 11.6 Å². The van der Waals surface area contributed by atoms with Gasteiger partial charge in [0, 0.05) is 11.4 Å². The van der Waals surface area contributed by atoms with Crippen LogP contribution in [-0.4, -0.2) is 17.3 Å². The molecule has 6 heteroatoms. The van der Waals surface area contributed by atoms with Gasteiger partial charge in [-0.05, 0) is 30.5 Å². The van der Waals surface area contributed by atoms with Crippen molar-refractivity contribution >= 4 is 17.6 Å². The summed E-state index contributed by atoms with van der Waals surface area (Å²) in [7, 11) is 0. The highest BCUT2D eigenvalue weighted by Gasteiger charge is 2.30. The highest BCUT2D eigenvalue weighted by Crippen LogP contribution is 2.26. The number of benzene rings is 1. The normalized spacial score (nSPS) is 13.3. The number of carbonyl (C=O) groups is 1. The Hall–Kier alpha value is -1.23. The van der Waals surface area contributed by atoms with E-state index in [1.165, 1.54) is 0 Å². The maximum atomic E-state index is 12.1. The Bertz CT molecular complexity index is 418. The Kier molecular flexibility index (Phi) is 5.02. The summed E-state index contributed by atoms with van der Waals surface area (Å²) in [4.78, 5) is 10.9. The molecular weight excluding hydrogens is 269 g/mol. The minimum atomic E-state index is -4.33. The van der Waals surface area contributed by atoms with Crippen LogP contribution in [0.2, 0.25) is 5.02 Å². The van der Waals surface area contributed by atoms with Crippen LogP contribution in [0.1, 0.15) is 18.4 Å². The molecule has 0 saturated heterocycles. The lowest BCUT2D eigenvalue weighted by Gasteiger charge is -2.13. The van der Waals surface area contributed by atoms with Crippen molar-refractivity contribution in [3.8, 4) is 0 Å². The van der Waals surface area contributed by atoms with Crippen LogP contribution in [0, 0.1) is 5.92 Å². The van der Waals surface area contributed by atoms with Gasteiger partial charge >= 0.3 is 12.1 Å². The second-order valence-corrected chi connectivity index (χ2v) is 4.46. The molecule has 1 aromatic carbocycles. The number of alkyl halides is 3. The zero-order valence-electron chi connectivity index (χ0n) is 9.38. The molecule has 0 saturated carbocycles. The van der Waals surface area contributed by atoms with E-state index in [2.05, 4.69) is 0 Å². The highest BCUT2D eigenvalue weighted by molar-refractivity contribution is 6.30. The minimum Gasteiger partial charge on any atom is -0.481 e. The molecule has 0 aliphatic rings. The van der Waals surface area contributed by atoms with Crippen molar-refractivity contribution < 1.29 is 23.1 Å². The number of carboxylic acid groups (broad SMARTS) is 1. The topological polar surface area (TPSA) is 37.3 Å². The minimum absolute atomic E-state index is 0.0476. The number of aliphatic carboxylic acids is 1. The molecule has 100 valence electrons. The Morgan fingerprint density at radius 2 is 2.06 bits per heavy atom. The fourth-order valence-corrected chi connectivity index (χ4v) is 1.81. The Morgan fingerprint density at radius 3 is 2.56 bits per heavy atom. The predicted molar refractivity (Wildman–Crippen MR) is 61.6 cm³/mol. The van der Waals surface area contributed by atoms with E-state index >= 15 is 0 Å². The molecule has 1 unspecified atom stereocenters. The van der Waals surface area contributed by atoms with Gasteiger partial charge in [-0.1, -0.05) is 23.7 Å². The first-order chi connectivity index (χ1) is 8.28. The molecule has 0 aliphatic carbocycles. The van der Waals surface area contributed by atoms with E-state index in [0.717, 1.165) is 0 Å². The Balaban J connectivity index is 2.66. The summed E-state index contributed by atoms with van der Waals surface area (Å²) in [6, 6.07) is 6.47. The molecule has 18 heavy (non-hydrogen) atoms. The zero-order valence-corrected chi connectivity index (χ0v) is 10.1. The van der Waals surface area contributed by atoms with Crippen LogP contribution in [0.5, 0.6) is 0 Å². The van der Waals surface area contributed by atoms with E-state index < -0.39 is 30.9 Å². The van der Waals surface area contributed by atoms with Gasteiger partial charge in [0.25, 0.3) is 0 Å². The first-order valence-electron chi connectivity index (χ1n) is 5.32. The molecule has 0 bridgehead atoms. The molecule has 1 N–H and O–H groups in total. The quantitative estimate of drug-likeness (QED) is 0.887. The third kappa shape index (κ3) is 5.40. The monoisotopic (exact) mass is 280 g/mol. The number of carboxylic acids is 1. The molecule has 1 atom stereocenters. The van der Waals surface area contributed by atoms with Gasteiger partial charge in [0.15, 0.2) is 0 Å². The lowest BCUT2D eigenvalue weighted by Crippen LogP contribution is -2.20. The molecule has 2 nitrogen and oxygen atoms in total. The fourth-order valence-electron chi connectivity index (χ4n) is 1.60. The van der Waals surface area contributed by atoms with Crippen LogP contribution in [0.3, 0.4) is 0 Å². The summed E-state index contributed by atoms with van der Waals surface area (Å²) in [5.74, 6) is -2.27. The zero-order chi connectivity index (χ0) is 13.8. The van der Waals surface area contributed by atoms with Gasteiger partial charge in [0.05, 0.1) is 5.92 Å². The third-order valence-electron chi connectivity index (χ3n) is 2.50. The van der Waals surface area contributed by atoms with E-state index in [1.807, 2.05) is 0 Å². The number of hydrogen-bond acceptors (Lipinski definition) is 1.